The van der Waals surface area contributed by atoms with Gasteiger partial charge in [0.15, 0.2) is 0 Å². The van der Waals surface area contributed by atoms with Crippen molar-refractivity contribution in [2.75, 3.05) is 11.9 Å². The molecule has 4 rings (SSSR count). The van der Waals surface area contributed by atoms with Gasteiger partial charge in [0, 0.05) is 17.5 Å². The predicted molar refractivity (Wildman–Crippen MR) is 111 cm³/mol. The molecule has 27 heavy (non-hydrogen) atoms. The summed E-state index contributed by atoms with van der Waals surface area (Å²) >= 11 is 1.63. The molecule has 3 nitrogen and oxygen atoms in total. The van der Waals surface area contributed by atoms with E-state index in [-0.39, 0.29) is 5.82 Å². The van der Waals surface area contributed by atoms with E-state index in [1.165, 1.54) is 28.8 Å². The Morgan fingerprint density at radius 1 is 1.00 bits per heavy atom. The number of nitrogens with one attached hydrogen (secondary N) is 1. The van der Waals surface area contributed by atoms with Crippen LogP contribution in [0.4, 0.5) is 10.2 Å². The maximum Gasteiger partial charge on any atom is 0.138 e. The Labute approximate surface area is 161 Å². The maximum absolute atomic E-state index is 13.0. The number of hydrogen-bond donors (Lipinski definition) is 1. The molecule has 2 aromatic carbocycles. The van der Waals surface area contributed by atoms with Gasteiger partial charge in [-0.1, -0.05) is 35.9 Å². The molecule has 4 aromatic rings. The number of benzene rings is 2. The lowest BCUT2D eigenvalue weighted by Crippen LogP contribution is -2.07. The van der Waals surface area contributed by atoms with Crippen LogP contribution >= 0.6 is 11.3 Å². The third kappa shape index (κ3) is 3.69. The molecule has 0 aliphatic heterocycles. The van der Waals surface area contributed by atoms with Gasteiger partial charge in [0.1, 0.15) is 22.8 Å². The van der Waals surface area contributed by atoms with Crippen molar-refractivity contribution < 1.29 is 4.39 Å². The monoisotopic (exact) mass is 377 g/mol. The van der Waals surface area contributed by atoms with Crippen molar-refractivity contribution >= 4 is 27.4 Å². The molecule has 0 fully saturated rings. The average molecular weight is 377 g/mol. The Balaban J connectivity index is 1.63. The molecular weight excluding hydrogens is 357 g/mol. The zero-order valence-electron chi connectivity index (χ0n) is 15.3. The van der Waals surface area contributed by atoms with Gasteiger partial charge in [-0.25, -0.2) is 14.4 Å². The Hall–Kier alpha value is -2.79. The van der Waals surface area contributed by atoms with Gasteiger partial charge in [0.25, 0.3) is 0 Å². The van der Waals surface area contributed by atoms with Crippen LogP contribution in [0.1, 0.15) is 16.7 Å². The number of anilines is 1. The number of aryl methyl sites for hydroxylation is 2. The van der Waals surface area contributed by atoms with E-state index in [4.69, 9.17) is 0 Å². The molecule has 0 aliphatic rings. The van der Waals surface area contributed by atoms with Crippen LogP contribution in [0.2, 0.25) is 0 Å². The largest absolute Gasteiger partial charge is 0.369 e. The Kier molecular flexibility index (Phi) is 4.86. The molecule has 2 aromatic heterocycles. The predicted octanol–water partition coefficient (Wildman–Crippen LogP) is 5.77. The number of aromatic nitrogens is 2. The fraction of sp³-hybridized carbons (Fsp3) is 0.182. The quantitative estimate of drug-likeness (QED) is 0.480. The number of nitrogens with zero attached hydrogens (tertiary/aromatic N) is 2. The van der Waals surface area contributed by atoms with Crippen LogP contribution < -0.4 is 5.32 Å². The van der Waals surface area contributed by atoms with Gasteiger partial charge in [-0.05, 0) is 49.1 Å². The van der Waals surface area contributed by atoms with Gasteiger partial charge in [0.05, 0.1) is 5.39 Å². The lowest BCUT2D eigenvalue weighted by Gasteiger charge is -2.10. The fourth-order valence-electron chi connectivity index (χ4n) is 3.30. The topological polar surface area (TPSA) is 37.8 Å². The number of thiophene rings is 1. The first kappa shape index (κ1) is 17.6. The molecule has 0 saturated carbocycles. The van der Waals surface area contributed by atoms with Crippen LogP contribution in [-0.4, -0.2) is 16.5 Å². The fourth-order valence-corrected chi connectivity index (χ4v) is 4.21. The minimum Gasteiger partial charge on any atom is -0.369 e. The SMILES string of the molecule is Cc1ccc(-c2csc3ncnc(NCCc4ccc(F)cc4)c23)c(C)c1. The summed E-state index contributed by atoms with van der Waals surface area (Å²) in [7, 11) is 0. The van der Waals surface area contributed by atoms with E-state index in [1.54, 1.807) is 17.7 Å². The van der Waals surface area contributed by atoms with Crippen molar-refractivity contribution in [3.05, 3.63) is 76.7 Å². The van der Waals surface area contributed by atoms with Crippen LogP contribution in [0.25, 0.3) is 21.3 Å². The van der Waals surface area contributed by atoms with E-state index in [9.17, 15) is 4.39 Å². The highest BCUT2D eigenvalue weighted by atomic mass is 32.1. The normalized spacial score (nSPS) is 11.1. The molecule has 0 saturated heterocycles. The lowest BCUT2D eigenvalue weighted by molar-refractivity contribution is 0.627. The smallest absolute Gasteiger partial charge is 0.138 e. The van der Waals surface area contributed by atoms with E-state index in [2.05, 4.69) is 52.7 Å². The number of hydrogen-bond acceptors (Lipinski definition) is 4. The minimum absolute atomic E-state index is 0.208. The molecule has 0 aliphatic carbocycles. The van der Waals surface area contributed by atoms with Crippen molar-refractivity contribution in [2.24, 2.45) is 0 Å². The third-order valence-corrected chi connectivity index (χ3v) is 5.55. The number of rotatable bonds is 5. The second-order valence-corrected chi connectivity index (χ2v) is 7.53. The summed E-state index contributed by atoms with van der Waals surface area (Å²) in [5.41, 5.74) is 5.97. The van der Waals surface area contributed by atoms with Crippen LogP contribution in [0.15, 0.2) is 54.2 Å². The van der Waals surface area contributed by atoms with Gasteiger partial charge in [0.2, 0.25) is 0 Å². The van der Waals surface area contributed by atoms with Gasteiger partial charge in [-0.3, -0.25) is 0 Å². The van der Waals surface area contributed by atoms with Crippen molar-refractivity contribution in [1.82, 2.24) is 9.97 Å². The third-order valence-electron chi connectivity index (χ3n) is 4.66. The zero-order chi connectivity index (χ0) is 18.8. The lowest BCUT2D eigenvalue weighted by atomic mass is 9.99. The van der Waals surface area contributed by atoms with E-state index >= 15 is 0 Å². The molecule has 0 amide bonds. The maximum atomic E-state index is 13.0. The summed E-state index contributed by atoms with van der Waals surface area (Å²) in [5, 5.41) is 6.66. The van der Waals surface area contributed by atoms with Crippen molar-refractivity contribution in [1.29, 1.82) is 0 Å². The Morgan fingerprint density at radius 2 is 1.81 bits per heavy atom. The van der Waals surface area contributed by atoms with Gasteiger partial charge in [-0.2, -0.15) is 0 Å². The first-order valence-corrected chi connectivity index (χ1v) is 9.78. The molecule has 1 N–H and O–H groups in total. The molecule has 0 unspecified atom stereocenters. The Morgan fingerprint density at radius 3 is 2.59 bits per heavy atom. The molecule has 0 spiro atoms. The van der Waals surface area contributed by atoms with Crippen molar-refractivity contribution in [3.8, 4) is 11.1 Å². The molecule has 0 atom stereocenters. The van der Waals surface area contributed by atoms with Crippen LogP contribution in [0, 0.1) is 19.7 Å². The van der Waals surface area contributed by atoms with Crippen molar-refractivity contribution in [3.63, 3.8) is 0 Å². The van der Waals surface area contributed by atoms with Crippen LogP contribution in [0.3, 0.4) is 0 Å². The first-order valence-electron chi connectivity index (χ1n) is 8.90. The zero-order valence-corrected chi connectivity index (χ0v) is 16.1. The molecular formula is C22H20FN3S. The standard InChI is InChI=1S/C22H20FN3S/c1-14-3-8-18(15(2)11-14)19-12-27-22-20(19)21(25-13-26-22)24-10-9-16-4-6-17(23)7-5-16/h3-8,11-13H,9-10H2,1-2H3,(H,24,25,26). The van der Waals surface area contributed by atoms with E-state index in [0.29, 0.717) is 0 Å². The highest BCUT2D eigenvalue weighted by molar-refractivity contribution is 7.17. The van der Waals surface area contributed by atoms with Gasteiger partial charge >= 0.3 is 0 Å². The summed E-state index contributed by atoms with van der Waals surface area (Å²) in [6.07, 6.45) is 2.40. The second-order valence-electron chi connectivity index (χ2n) is 6.67. The van der Waals surface area contributed by atoms with Gasteiger partial charge < -0.3 is 5.32 Å². The summed E-state index contributed by atoms with van der Waals surface area (Å²) < 4.78 is 13.0. The number of fused-ring (bicyclic) bond motifs is 1. The average Bonchev–Trinajstić information content (AvgIpc) is 3.08. The molecule has 0 bridgehead atoms. The second kappa shape index (κ2) is 7.45. The van der Waals surface area contributed by atoms with Gasteiger partial charge in [-0.15, -0.1) is 11.3 Å². The molecule has 136 valence electrons. The summed E-state index contributed by atoms with van der Waals surface area (Å²) in [6.45, 7) is 4.96. The van der Waals surface area contributed by atoms with E-state index in [1.807, 2.05) is 12.1 Å². The first-order chi connectivity index (χ1) is 13.1. The summed E-state index contributed by atoms with van der Waals surface area (Å²) in [4.78, 5) is 9.90. The van der Waals surface area contributed by atoms with Crippen LogP contribution in [-0.2, 0) is 6.42 Å². The number of halogens is 1. The van der Waals surface area contributed by atoms with Crippen molar-refractivity contribution in [2.45, 2.75) is 20.3 Å². The summed E-state index contributed by atoms with van der Waals surface area (Å²) in [6, 6.07) is 13.1. The summed E-state index contributed by atoms with van der Waals surface area (Å²) in [5.74, 6) is 0.638. The van der Waals surface area contributed by atoms with Crippen LogP contribution in [0.5, 0.6) is 0 Å². The molecule has 2 heterocycles. The minimum atomic E-state index is -0.208. The highest BCUT2D eigenvalue weighted by Gasteiger charge is 2.14. The Bertz CT molecular complexity index is 1090. The highest BCUT2D eigenvalue weighted by Crippen LogP contribution is 2.38. The molecule has 0 radical (unpaired) electrons. The van der Waals surface area contributed by atoms with E-state index < -0.39 is 0 Å². The van der Waals surface area contributed by atoms with E-state index in [0.717, 1.165) is 40.1 Å². The molecule has 5 heteroatoms.